The molecule has 0 aliphatic carbocycles. The van der Waals surface area contributed by atoms with Crippen molar-refractivity contribution < 1.29 is 17.1 Å². The molecule has 2 aromatic carbocycles. The standard InChI is InChI=1S/C14H12FNO3S/c1-10(17)16-14-9-12(20(15,18)19)7-8-13(14)11-5-3-2-4-6-11/h2-9H,1H3,(H,16,17). The third kappa shape index (κ3) is 3.21. The van der Waals surface area contributed by atoms with Crippen molar-refractivity contribution in [2.75, 3.05) is 5.32 Å². The zero-order valence-corrected chi connectivity index (χ0v) is 11.4. The molecule has 0 aliphatic rings. The van der Waals surface area contributed by atoms with Crippen molar-refractivity contribution in [3.8, 4) is 11.1 Å². The minimum Gasteiger partial charge on any atom is -0.326 e. The number of carbonyl (C=O) groups excluding carboxylic acids is 1. The molecule has 2 rings (SSSR count). The summed E-state index contributed by atoms with van der Waals surface area (Å²) in [5.41, 5.74) is 1.66. The first-order valence-corrected chi connectivity index (χ1v) is 7.18. The van der Waals surface area contributed by atoms with Crippen LogP contribution >= 0.6 is 0 Å². The fourth-order valence-electron chi connectivity index (χ4n) is 1.84. The Morgan fingerprint density at radius 3 is 2.30 bits per heavy atom. The van der Waals surface area contributed by atoms with Gasteiger partial charge in [-0.3, -0.25) is 4.79 Å². The third-order valence-electron chi connectivity index (χ3n) is 2.67. The second-order valence-electron chi connectivity index (χ2n) is 4.19. The number of halogens is 1. The molecule has 0 aromatic heterocycles. The van der Waals surface area contributed by atoms with E-state index in [0.717, 1.165) is 11.6 Å². The smallest absolute Gasteiger partial charge is 0.326 e. The Morgan fingerprint density at radius 1 is 1.10 bits per heavy atom. The molecule has 0 unspecified atom stereocenters. The molecule has 0 atom stereocenters. The highest BCUT2D eigenvalue weighted by atomic mass is 32.3. The van der Waals surface area contributed by atoms with Gasteiger partial charge in [-0.25, -0.2) is 0 Å². The number of anilines is 1. The zero-order valence-electron chi connectivity index (χ0n) is 10.6. The lowest BCUT2D eigenvalue weighted by atomic mass is 10.0. The second-order valence-corrected chi connectivity index (χ2v) is 5.54. The molecule has 0 bridgehead atoms. The monoisotopic (exact) mass is 293 g/mol. The molecule has 0 saturated heterocycles. The number of benzene rings is 2. The number of nitrogens with one attached hydrogen (secondary N) is 1. The van der Waals surface area contributed by atoms with E-state index < -0.39 is 15.1 Å². The predicted octanol–water partition coefficient (Wildman–Crippen LogP) is 2.97. The van der Waals surface area contributed by atoms with E-state index >= 15 is 0 Å². The maximum absolute atomic E-state index is 13.0. The molecule has 2 aromatic rings. The van der Waals surface area contributed by atoms with Gasteiger partial charge in [-0.05, 0) is 17.7 Å². The van der Waals surface area contributed by atoms with E-state index in [9.17, 15) is 17.1 Å². The SMILES string of the molecule is CC(=O)Nc1cc(S(=O)(=O)F)ccc1-c1ccccc1. The lowest BCUT2D eigenvalue weighted by Gasteiger charge is -2.11. The van der Waals surface area contributed by atoms with Crippen LogP contribution in [0.15, 0.2) is 53.4 Å². The van der Waals surface area contributed by atoms with Crippen LogP contribution in [0.3, 0.4) is 0 Å². The third-order valence-corrected chi connectivity index (χ3v) is 3.49. The first kappa shape index (κ1) is 14.2. The fourth-order valence-corrected chi connectivity index (χ4v) is 2.33. The summed E-state index contributed by atoms with van der Waals surface area (Å²) in [6.07, 6.45) is 0. The highest BCUT2D eigenvalue weighted by Crippen LogP contribution is 2.30. The van der Waals surface area contributed by atoms with Crippen LogP contribution in [-0.4, -0.2) is 14.3 Å². The van der Waals surface area contributed by atoms with Gasteiger partial charge in [0.05, 0.1) is 0 Å². The maximum atomic E-state index is 13.0. The van der Waals surface area contributed by atoms with Crippen molar-refractivity contribution in [2.45, 2.75) is 11.8 Å². The van der Waals surface area contributed by atoms with Crippen LogP contribution < -0.4 is 5.32 Å². The molecule has 20 heavy (non-hydrogen) atoms. The Kier molecular flexibility index (Phi) is 3.85. The van der Waals surface area contributed by atoms with Crippen molar-refractivity contribution in [1.82, 2.24) is 0 Å². The average molecular weight is 293 g/mol. The highest BCUT2D eigenvalue weighted by molar-refractivity contribution is 7.86. The Morgan fingerprint density at radius 2 is 1.75 bits per heavy atom. The average Bonchev–Trinajstić information content (AvgIpc) is 2.38. The summed E-state index contributed by atoms with van der Waals surface area (Å²) in [7, 11) is -4.81. The fraction of sp³-hybridized carbons (Fsp3) is 0.0714. The Hall–Kier alpha value is -2.21. The highest BCUT2D eigenvalue weighted by Gasteiger charge is 2.15. The first-order valence-electron chi connectivity index (χ1n) is 5.79. The molecule has 1 N–H and O–H groups in total. The first-order chi connectivity index (χ1) is 9.38. The van der Waals surface area contributed by atoms with Crippen LogP contribution in [-0.2, 0) is 15.0 Å². The largest absolute Gasteiger partial charge is 0.332 e. The van der Waals surface area contributed by atoms with E-state index in [1.54, 1.807) is 0 Å². The Bertz CT molecular complexity index is 742. The summed E-state index contributed by atoms with van der Waals surface area (Å²) in [4.78, 5) is 10.7. The molecular weight excluding hydrogens is 281 g/mol. The molecule has 0 aliphatic heterocycles. The zero-order chi connectivity index (χ0) is 14.8. The maximum Gasteiger partial charge on any atom is 0.332 e. The molecular formula is C14H12FNO3S. The van der Waals surface area contributed by atoms with Crippen molar-refractivity contribution in [3.63, 3.8) is 0 Å². The van der Waals surface area contributed by atoms with Crippen LogP contribution in [0, 0.1) is 0 Å². The summed E-state index contributed by atoms with van der Waals surface area (Å²) in [6, 6.07) is 12.8. The molecule has 0 fully saturated rings. The summed E-state index contributed by atoms with van der Waals surface area (Å²) in [5.74, 6) is -0.365. The van der Waals surface area contributed by atoms with Gasteiger partial charge in [0.25, 0.3) is 0 Å². The van der Waals surface area contributed by atoms with E-state index in [1.165, 1.54) is 19.1 Å². The Labute approximate surface area is 116 Å². The molecule has 0 spiro atoms. The van der Waals surface area contributed by atoms with Crippen LogP contribution in [0.1, 0.15) is 6.92 Å². The van der Waals surface area contributed by atoms with Crippen LogP contribution in [0.4, 0.5) is 9.57 Å². The van der Waals surface area contributed by atoms with Gasteiger partial charge in [-0.15, -0.1) is 3.89 Å². The van der Waals surface area contributed by atoms with Gasteiger partial charge in [0, 0.05) is 18.2 Å². The topological polar surface area (TPSA) is 63.2 Å². The Balaban J connectivity index is 2.60. The van der Waals surface area contributed by atoms with Crippen LogP contribution in [0.2, 0.25) is 0 Å². The summed E-state index contributed by atoms with van der Waals surface area (Å²) in [5, 5.41) is 2.51. The quantitative estimate of drug-likeness (QED) is 0.885. The van der Waals surface area contributed by atoms with Crippen LogP contribution in [0.5, 0.6) is 0 Å². The van der Waals surface area contributed by atoms with Crippen LogP contribution in [0.25, 0.3) is 11.1 Å². The number of rotatable bonds is 3. The normalized spacial score (nSPS) is 11.1. The molecule has 4 nitrogen and oxygen atoms in total. The lowest BCUT2D eigenvalue weighted by molar-refractivity contribution is -0.114. The predicted molar refractivity (Wildman–Crippen MR) is 74.5 cm³/mol. The number of hydrogen-bond acceptors (Lipinski definition) is 3. The lowest BCUT2D eigenvalue weighted by Crippen LogP contribution is -2.08. The summed E-state index contributed by atoms with van der Waals surface area (Å²) < 4.78 is 34.9. The summed E-state index contributed by atoms with van der Waals surface area (Å²) >= 11 is 0. The van der Waals surface area contributed by atoms with Gasteiger partial charge in [0.2, 0.25) is 5.91 Å². The van der Waals surface area contributed by atoms with Gasteiger partial charge in [0.15, 0.2) is 0 Å². The molecule has 0 saturated carbocycles. The molecule has 0 radical (unpaired) electrons. The molecule has 0 heterocycles. The van der Waals surface area contributed by atoms with Gasteiger partial charge < -0.3 is 5.32 Å². The van der Waals surface area contributed by atoms with Crippen molar-refractivity contribution >= 4 is 21.8 Å². The second kappa shape index (κ2) is 5.42. The minimum absolute atomic E-state index is 0.252. The van der Waals surface area contributed by atoms with Gasteiger partial charge in [-0.1, -0.05) is 36.4 Å². The van der Waals surface area contributed by atoms with Gasteiger partial charge in [-0.2, -0.15) is 8.42 Å². The summed E-state index contributed by atoms with van der Waals surface area (Å²) in [6.45, 7) is 1.30. The molecule has 6 heteroatoms. The van der Waals surface area contributed by atoms with E-state index in [0.29, 0.717) is 5.56 Å². The number of hydrogen-bond donors (Lipinski definition) is 1. The van der Waals surface area contributed by atoms with E-state index in [-0.39, 0.29) is 11.6 Å². The number of amides is 1. The molecule has 1 amide bonds. The van der Waals surface area contributed by atoms with Crippen molar-refractivity contribution in [1.29, 1.82) is 0 Å². The van der Waals surface area contributed by atoms with Crippen molar-refractivity contribution in [2.24, 2.45) is 0 Å². The van der Waals surface area contributed by atoms with E-state index in [4.69, 9.17) is 0 Å². The number of carbonyl (C=O) groups is 1. The van der Waals surface area contributed by atoms with Crippen molar-refractivity contribution in [3.05, 3.63) is 48.5 Å². The molecule has 104 valence electrons. The van der Waals surface area contributed by atoms with E-state index in [2.05, 4.69) is 5.32 Å². The van der Waals surface area contributed by atoms with Gasteiger partial charge in [0.1, 0.15) is 4.90 Å². The van der Waals surface area contributed by atoms with E-state index in [1.807, 2.05) is 30.3 Å². The van der Waals surface area contributed by atoms with Gasteiger partial charge >= 0.3 is 10.2 Å². The minimum atomic E-state index is -4.81.